The molecule has 1 heterocycles. The van der Waals surface area contributed by atoms with E-state index in [0.717, 1.165) is 0 Å². The molecule has 106 valence electrons. The minimum absolute atomic E-state index is 0.128. The Hall–Kier alpha value is -2.24. The predicted octanol–water partition coefficient (Wildman–Crippen LogP) is 2.52. The van der Waals surface area contributed by atoms with Crippen LogP contribution in [0.5, 0.6) is 0 Å². The lowest BCUT2D eigenvalue weighted by Gasteiger charge is -2.10. The summed E-state index contributed by atoms with van der Waals surface area (Å²) in [7, 11) is 0. The summed E-state index contributed by atoms with van der Waals surface area (Å²) in [5, 5.41) is 3.59. The Labute approximate surface area is 116 Å². The van der Waals surface area contributed by atoms with E-state index < -0.39 is 0 Å². The van der Waals surface area contributed by atoms with Crippen molar-refractivity contribution in [3.05, 3.63) is 30.3 Å². The van der Waals surface area contributed by atoms with E-state index in [1.165, 1.54) is 18.5 Å². The van der Waals surface area contributed by atoms with E-state index in [4.69, 9.17) is 4.74 Å². The Balaban J connectivity index is 2.03. The van der Waals surface area contributed by atoms with Crippen molar-refractivity contribution >= 4 is 22.7 Å². The molecular weight excluding hydrogens is 261 g/mol. The number of aromatic nitrogens is 2. The van der Waals surface area contributed by atoms with Crippen LogP contribution >= 0.6 is 0 Å². The molecule has 0 amide bonds. The smallest absolute Gasteiger partial charge is 0.307 e. The van der Waals surface area contributed by atoms with E-state index in [9.17, 15) is 9.18 Å². The SMILES string of the molecule is CC(C)OC(=O)CCNc1ncnc2ccc(F)cc12. The first-order valence-corrected chi connectivity index (χ1v) is 6.40. The highest BCUT2D eigenvalue weighted by Gasteiger charge is 2.07. The molecule has 20 heavy (non-hydrogen) atoms. The maximum atomic E-state index is 13.3. The van der Waals surface area contributed by atoms with E-state index >= 15 is 0 Å². The Kier molecular flexibility index (Phi) is 4.45. The van der Waals surface area contributed by atoms with Gasteiger partial charge in [0.05, 0.1) is 18.0 Å². The quantitative estimate of drug-likeness (QED) is 0.851. The van der Waals surface area contributed by atoms with Crippen molar-refractivity contribution in [2.24, 2.45) is 0 Å². The monoisotopic (exact) mass is 277 g/mol. The molecule has 0 aliphatic heterocycles. The minimum Gasteiger partial charge on any atom is -0.463 e. The third kappa shape index (κ3) is 3.63. The Morgan fingerprint density at radius 1 is 1.40 bits per heavy atom. The number of nitrogens with zero attached hydrogens (tertiary/aromatic N) is 2. The Bertz CT molecular complexity index is 616. The summed E-state index contributed by atoms with van der Waals surface area (Å²) in [5.41, 5.74) is 0.647. The normalized spacial score (nSPS) is 10.8. The number of halogens is 1. The van der Waals surface area contributed by atoms with Gasteiger partial charge in [0.25, 0.3) is 0 Å². The number of anilines is 1. The van der Waals surface area contributed by atoms with Gasteiger partial charge >= 0.3 is 5.97 Å². The highest BCUT2D eigenvalue weighted by molar-refractivity contribution is 5.88. The summed E-state index contributed by atoms with van der Waals surface area (Å²) >= 11 is 0. The van der Waals surface area contributed by atoms with Crippen molar-refractivity contribution in [1.82, 2.24) is 9.97 Å². The van der Waals surface area contributed by atoms with Crippen molar-refractivity contribution in [2.45, 2.75) is 26.4 Å². The van der Waals surface area contributed by atoms with Gasteiger partial charge in [0, 0.05) is 11.9 Å². The zero-order valence-corrected chi connectivity index (χ0v) is 11.4. The summed E-state index contributed by atoms with van der Waals surface area (Å²) in [6.07, 6.45) is 1.49. The van der Waals surface area contributed by atoms with Gasteiger partial charge in [0.2, 0.25) is 0 Å². The second-order valence-electron chi connectivity index (χ2n) is 4.60. The van der Waals surface area contributed by atoms with Crippen molar-refractivity contribution in [1.29, 1.82) is 0 Å². The molecule has 1 N–H and O–H groups in total. The van der Waals surface area contributed by atoms with Crippen LogP contribution in [0.1, 0.15) is 20.3 Å². The third-order valence-corrected chi connectivity index (χ3v) is 2.59. The number of esters is 1. The lowest BCUT2D eigenvalue weighted by Crippen LogP contribution is -2.15. The van der Waals surface area contributed by atoms with Crippen LogP contribution in [-0.4, -0.2) is 28.6 Å². The molecule has 0 atom stereocenters. The van der Waals surface area contributed by atoms with Crippen LogP contribution in [-0.2, 0) is 9.53 Å². The predicted molar refractivity (Wildman–Crippen MR) is 73.8 cm³/mol. The number of hydrogen-bond acceptors (Lipinski definition) is 5. The number of carbonyl (C=O) groups is 1. The van der Waals surface area contributed by atoms with Gasteiger partial charge in [0.1, 0.15) is 18.0 Å². The molecule has 0 bridgehead atoms. The molecule has 5 nitrogen and oxygen atoms in total. The number of benzene rings is 1. The van der Waals surface area contributed by atoms with Gasteiger partial charge in [-0.3, -0.25) is 4.79 Å². The maximum absolute atomic E-state index is 13.3. The van der Waals surface area contributed by atoms with E-state index in [1.54, 1.807) is 19.9 Å². The number of nitrogens with one attached hydrogen (secondary N) is 1. The molecule has 0 saturated carbocycles. The molecule has 0 saturated heterocycles. The molecule has 1 aromatic heterocycles. The first kappa shape index (κ1) is 14.2. The average Bonchev–Trinajstić information content (AvgIpc) is 2.38. The van der Waals surface area contributed by atoms with E-state index in [2.05, 4.69) is 15.3 Å². The lowest BCUT2D eigenvalue weighted by molar-refractivity contribution is -0.147. The lowest BCUT2D eigenvalue weighted by atomic mass is 10.2. The molecule has 0 radical (unpaired) electrons. The van der Waals surface area contributed by atoms with Gasteiger partial charge in [-0.05, 0) is 32.0 Å². The number of fused-ring (bicyclic) bond motifs is 1. The van der Waals surface area contributed by atoms with Gasteiger partial charge in [-0.1, -0.05) is 0 Å². The fourth-order valence-corrected chi connectivity index (χ4v) is 1.77. The minimum atomic E-state index is -0.352. The summed E-state index contributed by atoms with van der Waals surface area (Å²) in [5.74, 6) is -0.126. The second-order valence-corrected chi connectivity index (χ2v) is 4.60. The molecule has 1 aromatic carbocycles. The standard InChI is InChI=1S/C14H16FN3O2/c1-9(2)20-13(19)5-6-16-14-11-7-10(15)3-4-12(11)17-8-18-14/h3-4,7-9H,5-6H2,1-2H3,(H,16,17,18). The molecule has 2 rings (SSSR count). The molecule has 0 spiro atoms. The zero-order chi connectivity index (χ0) is 14.5. The van der Waals surface area contributed by atoms with Crippen LogP contribution in [0.3, 0.4) is 0 Å². The molecule has 6 heteroatoms. The summed E-state index contributed by atoms with van der Waals surface area (Å²) in [6, 6.07) is 4.30. The molecule has 0 aliphatic carbocycles. The van der Waals surface area contributed by atoms with Crippen molar-refractivity contribution in [2.75, 3.05) is 11.9 Å². The topological polar surface area (TPSA) is 64.1 Å². The number of carbonyl (C=O) groups excluding carboxylic acids is 1. The molecule has 0 fully saturated rings. The molecule has 0 unspecified atom stereocenters. The van der Waals surface area contributed by atoms with Gasteiger partial charge in [-0.2, -0.15) is 0 Å². The van der Waals surface area contributed by atoms with Crippen molar-refractivity contribution in [3.8, 4) is 0 Å². The Morgan fingerprint density at radius 2 is 2.20 bits per heavy atom. The maximum Gasteiger partial charge on any atom is 0.307 e. The van der Waals surface area contributed by atoms with Crippen LogP contribution in [0.4, 0.5) is 10.2 Å². The second kappa shape index (κ2) is 6.27. The first-order chi connectivity index (χ1) is 9.56. The van der Waals surface area contributed by atoms with Gasteiger partial charge < -0.3 is 10.1 Å². The first-order valence-electron chi connectivity index (χ1n) is 6.40. The average molecular weight is 277 g/mol. The van der Waals surface area contributed by atoms with E-state index in [1.807, 2.05) is 0 Å². The van der Waals surface area contributed by atoms with Gasteiger partial charge in [-0.25, -0.2) is 14.4 Å². The number of ether oxygens (including phenoxy) is 1. The zero-order valence-electron chi connectivity index (χ0n) is 11.4. The van der Waals surface area contributed by atoms with Crippen molar-refractivity contribution in [3.63, 3.8) is 0 Å². The van der Waals surface area contributed by atoms with Crippen LogP contribution in [0.15, 0.2) is 24.5 Å². The van der Waals surface area contributed by atoms with Crippen LogP contribution in [0.2, 0.25) is 0 Å². The highest BCUT2D eigenvalue weighted by Crippen LogP contribution is 2.19. The molecule has 0 aliphatic rings. The Morgan fingerprint density at radius 3 is 2.95 bits per heavy atom. The fourth-order valence-electron chi connectivity index (χ4n) is 1.77. The summed E-state index contributed by atoms with van der Waals surface area (Å²) in [4.78, 5) is 19.5. The van der Waals surface area contributed by atoms with Gasteiger partial charge in [-0.15, -0.1) is 0 Å². The van der Waals surface area contributed by atoms with Crippen LogP contribution < -0.4 is 5.32 Å². The van der Waals surface area contributed by atoms with E-state index in [0.29, 0.717) is 23.3 Å². The van der Waals surface area contributed by atoms with Crippen LogP contribution in [0.25, 0.3) is 10.9 Å². The largest absolute Gasteiger partial charge is 0.463 e. The van der Waals surface area contributed by atoms with E-state index in [-0.39, 0.29) is 24.3 Å². The number of hydrogen-bond donors (Lipinski definition) is 1. The van der Waals surface area contributed by atoms with Crippen LogP contribution in [0, 0.1) is 5.82 Å². The number of rotatable bonds is 5. The summed E-state index contributed by atoms with van der Waals surface area (Å²) < 4.78 is 18.3. The van der Waals surface area contributed by atoms with Gasteiger partial charge in [0.15, 0.2) is 0 Å². The third-order valence-electron chi connectivity index (χ3n) is 2.59. The highest BCUT2D eigenvalue weighted by atomic mass is 19.1. The fraction of sp³-hybridized carbons (Fsp3) is 0.357. The summed E-state index contributed by atoms with van der Waals surface area (Å²) in [6.45, 7) is 3.96. The molecular formula is C14H16FN3O2. The molecule has 2 aromatic rings. The van der Waals surface area contributed by atoms with Crippen molar-refractivity contribution < 1.29 is 13.9 Å².